The second-order valence-corrected chi connectivity index (χ2v) is 10.2. The van der Waals surface area contributed by atoms with Crippen molar-refractivity contribution >= 4 is 11.9 Å². The summed E-state index contributed by atoms with van der Waals surface area (Å²) in [7, 11) is 0.869. The Hall–Kier alpha value is -2.09. The Labute approximate surface area is 192 Å². The Kier molecular flexibility index (Phi) is 6.04. The van der Waals surface area contributed by atoms with Crippen LogP contribution in [0.3, 0.4) is 0 Å². The first kappa shape index (κ1) is 24.0. The predicted octanol–water partition coefficient (Wildman–Crippen LogP) is 5.03. The van der Waals surface area contributed by atoms with Crippen molar-refractivity contribution < 1.29 is 37.0 Å². The average Bonchev–Trinajstić information content (AvgIpc) is 3.04. The molecule has 0 radical (unpaired) electrons. The smallest absolute Gasteiger partial charge is 0.432 e. The normalized spacial score (nSPS) is 38.0. The molecule has 0 N–H and O–H groups in total. The maximum atomic E-state index is 14.3. The van der Waals surface area contributed by atoms with E-state index in [1.54, 1.807) is 6.07 Å². The minimum absolute atomic E-state index is 0.0868. The van der Waals surface area contributed by atoms with Gasteiger partial charge in [-0.1, -0.05) is 51.1 Å². The van der Waals surface area contributed by atoms with E-state index in [1.807, 2.05) is 13.8 Å². The van der Waals surface area contributed by atoms with Crippen molar-refractivity contribution in [3.8, 4) is 0 Å². The van der Waals surface area contributed by atoms with Crippen molar-refractivity contribution in [3.05, 3.63) is 35.9 Å². The van der Waals surface area contributed by atoms with Gasteiger partial charge in [0.1, 0.15) is 12.2 Å². The third-order valence-corrected chi connectivity index (χ3v) is 8.48. The lowest BCUT2D eigenvalue weighted by atomic mass is 9.52. The van der Waals surface area contributed by atoms with Crippen molar-refractivity contribution in [1.29, 1.82) is 0 Å². The molecule has 182 valence electrons. The number of rotatable bonds is 4. The van der Waals surface area contributed by atoms with Gasteiger partial charge in [-0.25, -0.2) is 4.79 Å². The van der Waals surface area contributed by atoms with E-state index in [4.69, 9.17) is 14.2 Å². The molecule has 3 aliphatic rings. The zero-order valence-corrected chi connectivity index (χ0v) is 19.4. The van der Waals surface area contributed by atoms with Crippen molar-refractivity contribution in [1.82, 2.24) is 0 Å². The summed E-state index contributed by atoms with van der Waals surface area (Å²) < 4.78 is 59.1. The number of esters is 2. The molecule has 0 aromatic heterocycles. The second-order valence-electron chi connectivity index (χ2n) is 10.2. The molecule has 33 heavy (non-hydrogen) atoms. The monoisotopic (exact) mass is 468 g/mol. The van der Waals surface area contributed by atoms with E-state index >= 15 is 0 Å². The molecule has 1 aromatic rings. The highest BCUT2D eigenvalue weighted by Gasteiger charge is 2.65. The quantitative estimate of drug-likeness (QED) is 0.581. The molecule has 0 bridgehead atoms. The van der Waals surface area contributed by atoms with Crippen LogP contribution in [0, 0.1) is 29.1 Å². The van der Waals surface area contributed by atoms with E-state index < -0.39 is 23.9 Å². The van der Waals surface area contributed by atoms with Crippen LogP contribution in [0.25, 0.3) is 0 Å². The predicted molar refractivity (Wildman–Crippen MR) is 113 cm³/mol. The van der Waals surface area contributed by atoms with Gasteiger partial charge in [0.2, 0.25) is 0 Å². The third kappa shape index (κ3) is 3.65. The maximum absolute atomic E-state index is 14.3. The Bertz CT molecular complexity index is 903. The standard InChI is InChI=1S/C25H31F3O5/c1-14-17-10-12-23(3)13-11-18(15(2)19(23)20(17)33-21(14)29)32-22(30)24(31-4,25(26,27)28)16-8-6-5-7-9-16/h5-9,14-15,17-20H,10-13H2,1-4H3/t14-,15-,17-,18+,19+,20+,23-,24-/m0/s1. The third-order valence-electron chi connectivity index (χ3n) is 8.48. The molecule has 1 aromatic carbocycles. The molecular formula is C25H31F3O5. The fraction of sp³-hybridized carbons (Fsp3) is 0.680. The van der Waals surface area contributed by atoms with Crippen LogP contribution in [0.5, 0.6) is 0 Å². The van der Waals surface area contributed by atoms with E-state index in [-0.39, 0.29) is 46.7 Å². The Balaban J connectivity index is 1.62. The largest absolute Gasteiger partial charge is 0.462 e. The Morgan fingerprint density at radius 2 is 1.76 bits per heavy atom. The van der Waals surface area contributed by atoms with Gasteiger partial charge in [-0.05, 0) is 37.0 Å². The average molecular weight is 469 g/mol. The summed E-state index contributed by atoms with van der Waals surface area (Å²) in [6.45, 7) is 5.92. The molecule has 2 aliphatic carbocycles. The first-order chi connectivity index (χ1) is 15.5. The van der Waals surface area contributed by atoms with Crippen LogP contribution < -0.4 is 0 Å². The summed E-state index contributed by atoms with van der Waals surface area (Å²) in [5, 5.41) is 0. The lowest BCUT2D eigenvalue weighted by molar-refractivity contribution is -0.280. The topological polar surface area (TPSA) is 61.8 Å². The lowest BCUT2D eigenvalue weighted by Gasteiger charge is -2.54. The van der Waals surface area contributed by atoms with Crippen LogP contribution in [0.1, 0.15) is 52.0 Å². The number of carbonyl (C=O) groups is 2. The van der Waals surface area contributed by atoms with Crippen LogP contribution in [0.15, 0.2) is 30.3 Å². The van der Waals surface area contributed by atoms with Crippen LogP contribution in [0.2, 0.25) is 0 Å². The van der Waals surface area contributed by atoms with Crippen LogP contribution >= 0.6 is 0 Å². The van der Waals surface area contributed by atoms with E-state index in [2.05, 4.69) is 6.92 Å². The number of fused-ring (bicyclic) bond motifs is 3. The van der Waals surface area contributed by atoms with Gasteiger partial charge in [0, 0.05) is 24.5 Å². The molecule has 8 atom stereocenters. The Morgan fingerprint density at radius 1 is 1.12 bits per heavy atom. The second kappa shape index (κ2) is 8.29. The lowest BCUT2D eigenvalue weighted by Crippen LogP contribution is -2.56. The molecule has 3 fully saturated rings. The highest BCUT2D eigenvalue weighted by molar-refractivity contribution is 5.83. The highest BCUT2D eigenvalue weighted by Crippen LogP contribution is 2.58. The van der Waals surface area contributed by atoms with Gasteiger partial charge in [-0.3, -0.25) is 4.79 Å². The summed E-state index contributed by atoms with van der Waals surface area (Å²) in [6.07, 6.45) is -3.11. The molecule has 8 heteroatoms. The highest BCUT2D eigenvalue weighted by atomic mass is 19.4. The summed E-state index contributed by atoms with van der Waals surface area (Å²) in [6, 6.07) is 6.84. The number of benzene rings is 1. The van der Waals surface area contributed by atoms with Crippen molar-refractivity contribution in [2.45, 2.75) is 70.4 Å². The van der Waals surface area contributed by atoms with Gasteiger partial charge in [0.15, 0.2) is 0 Å². The van der Waals surface area contributed by atoms with E-state index in [0.717, 1.165) is 20.0 Å². The van der Waals surface area contributed by atoms with Gasteiger partial charge in [0.05, 0.1) is 5.92 Å². The number of hydrogen-bond acceptors (Lipinski definition) is 5. The number of methoxy groups -OCH3 is 1. The van der Waals surface area contributed by atoms with Crippen molar-refractivity contribution in [2.75, 3.05) is 7.11 Å². The van der Waals surface area contributed by atoms with Gasteiger partial charge in [0.25, 0.3) is 5.60 Å². The maximum Gasteiger partial charge on any atom is 0.432 e. The SMILES string of the molecule is CO[C@](C(=O)O[C@@H]1CC[C@]2(C)CC[C@@H]3[C@@H](OC(=O)[C@H]3C)[C@H]2[C@H]1C)(c1ccccc1)C(F)(F)F. The first-order valence-corrected chi connectivity index (χ1v) is 11.6. The summed E-state index contributed by atoms with van der Waals surface area (Å²) in [5.74, 6) is -2.15. The van der Waals surface area contributed by atoms with Crippen LogP contribution in [0.4, 0.5) is 13.2 Å². The minimum atomic E-state index is -5.01. The molecule has 0 unspecified atom stereocenters. The Morgan fingerprint density at radius 3 is 2.36 bits per heavy atom. The molecule has 5 nitrogen and oxygen atoms in total. The number of halogens is 3. The molecule has 0 amide bonds. The number of hydrogen-bond donors (Lipinski definition) is 0. The first-order valence-electron chi connectivity index (χ1n) is 11.6. The summed E-state index contributed by atoms with van der Waals surface area (Å²) >= 11 is 0. The molecule has 4 rings (SSSR count). The van der Waals surface area contributed by atoms with E-state index in [0.29, 0.717) is 12.8 Å². The molecule has 2 saturated carbocycles. The molecule has 1 saturated heterocycles. The molecule has 0 spiro atoms. The van der Waals surface area contributed by atoms with Gasteiger partial charge in [-0.15, -0.1) is 0 Å². The number of ether oxygens (including phenoxy) is 3. The van der Waals surface area contributed by atoms with E-state index in [1.165, 1.54) is 24.3 Å². The molecular weight excluding hydrogens is 437 g/mol. The fourth-order valence-electron chi connectivity index (χ4n) is 6.57. The molecule has 1 aliphatic heterocycles. The van der Waals surface area contributed by atoms with Gasteiger partial charge in [-0.2, -0.15) is 13.2 Å². The zero-order valence-electron chi connectivity index (χ0n) is 19.4. The number of carbonyl (C=O) groups excluding carboxylic acids is 2. The van der Waals surface area contributed by atoms with Gasteiger partial charge >= 0.3 is 18.1 Å². The minimum Gasteiger partial charge on any atom is -0.462 e. The summed E-state index contributed by atoms with van der Waals surface area (Å²) in [5.41, 5.74) is -3.65. The number of alkyl halides is 3. The summed E-state index contributed by atoms with van der Waals surface area (Å²) in [4.78, 5) is 25.5. The fourth-order valence-corrected chi connectivity index (χ4v) is 6.57. The molecule has 1 heterocycles. The van der Waals surface area contributed by atoms with Crippen LogP contribution in [-0.2, 0) is 29.4 Å². The van der Waals surface area contributed by atoms with Crippen molar-refractivity contribution in [2.24, 2.45) is 29.1 Å². The van der Waals surface area contributed by atoms with E-state index in [9.17, 15) is 22.8 Å². The van der Waals surface area contributed by atoms with Crippen molar-refractivity contribution in [3.63, 3.8) is 0 Å². The van der Waals surface area contributed by atoms with Gasteiger partial charge < -0.3 is 14.2 Å². The van der Waals surface area contributed by atoms with Crippen LogP contribution in [-0.4, -0.2) is 37.4 Å². The zero-order chi connectivity index (χ0) is 24.2.